The Morgan fingerprint density at radius 1 is 1.06 bits per heavy atom. The van der Waals surface area contributed by atoms with Gasteiger partial charge in [-0.2, -0.15) is 13.2 Å². The van der Waals surface area contributed by atoms with Crippen LogP contribution in [0.3, 0.4) is 0 Å². The van der Waals surface area contributed by atoms with E-state index in [2.05, 4.69) is 10.2 Å². The molecule has 0 aromatic heterocycles. The van der Waals surface area contributed by atoms with Crippen LogP contribution < -0.4 is 5.32 Å². The quantitative estimate of drug-likeness (QED) is 0.809. The van der Waals surface area contributed by atoms with Gasteiger partial charge in [-0.05, 0) is 45.8 Å². The number of halogens is 3. The number of hydrogen-bond donors (Lipinski definition) is 1. The van der Waals surface area contributed by atoms with Gasteiger partial charge in [-0.3, -0.25) is 4.90 Å². The van der Waals surface area contributed by atoms with E-state index in [4.69, 9.17) is 0 Å². The van der Waals surface area contributed by atoms with E-state index >= 15 is 0 Å². The minimum Gasteiger partial charge on any atom is -0.315 e. The number of rotatable bonds is 2. The molecular formula is C12H21F3N2. The third kappa shape index (κ3) is 2.94. The molecular weight excluding hydrogens is 229 g/mol. The highest BCUT2D eigenvalue weighted by Gasteiger charge is 2.43. The molecule has 100 valence electrons. The van der Waals surface area contributed by atoms with Crippen molar-refractivity contribution < 1.29 is 13.2 Å². The van der Waals surface area contributed by atoms with Gasteiger partial charge in [-0.1, -0.05) is 6.42 Å². The van der Waals surface area contributed by atoms with Gasteiger partial charge in [0.25, 0.3) is 0 Å². The SMILES string of the molecule is CNC1CCCC1N1CCC(C(F)(F)F)CC1. The van der Waals surface area contributed by atoms with Crippen LogP contribution in [0.2, 0.25) is 0 Å². The van der Waals surface area contributed by atoms with E-state index in [1.807, 2.05) is 7.05 Å². The van der Waals surface area contributed by atoms with Crippen molar-refractivity contribution in [1.82, 2.24) is 10.2 Å². The summed E-state index contributed by atoms with van der Waals surface area (Å²) in [6.07, 6.45) is 0.0228. The fraction of sp³-hybridized carbons (Fsp3) is 1.00. The van der Waals surface area contributed by atoms with Gasteiger partial charge in [0.2, 0.25) is 0 Å². The number of likely N-dealkylation sites (tertiary alicyclic amines) is 1. The van der Waals surface area contributed by atoms with Crippen molar-refractivity contribution >= 4 is 0 Å². The maximum absolute atomic E-state index is 12.6. The van der Waals surface area contributed by atoms with Crippen molar-refractivity contribution in [2.75, 3.05) is 20.1 Å². The minimum absolute atomic E-state index is 0.274. The van der Waals surface area contributed by atoms with Crippen LogP contribution in [0, 0.1) is 5.92 Å². The third-order valence-electron chi connectivity index (χ3n) is 4.31. The van der Waals surface area contributed by atoms with Gasteiger partial charge in [-0.25, -0.2) is 0 Å². The molecule has 0 aromatic carbocycles. The third-order valence-corrected chi connectivity index (χ3v) is 4.31. The first-order valence-corrected chi connectivity index (χ1v) is 6.50. The first kappa shape index (κ1) is 13.1. The summed E-state index contributed by atoms with van der Waals surface area (Å²) in [5.41, 5.74) is 0. The fourth-order valence-corrected chi connectivity index (χ4v) is 3.27. The Kier molecular flexibility index (Phi) is 3.98. The molecule has 1 saturated heterocycles. The van der Waals surface area contributed by atoms with Crippen LogP contribution in [0.4, 0.5) is 13.2 Å². The topological polar surface area (TPSA) is 15.3 Å². The predicted octanol–water partition coefficient (Wildman–Crippen LogP) is 2.40. The van der Waals surface area contributed by atoms with E-state index in [0.717, 1.165) is 12.8 Å². The predicted molar refractivity (Wildman–Crippen MR) is 60.8 cm³/mol. The van der Waals surface area contributed by atoms with Crippen LogP contribution in [0.25, 0.3) is 0 Å². The molecule has 2 aliphatic rings. The van der Waals surface area contributed by atoms with E-state index in [1.54, 1.807) is 0 Å². The summed E-state index contributed by atoms with van der Waals surface area (Å²) in [6, 6.07) is 0.923. The minimum atomic E-state index is -4.00. The zero-order valence-electron chi connectivity index (χ0n) is 10.3. The fourth-order valence-electron chi connectivity index (χ4n) is 3.27. The summed E-state index contributed by atoms with van der Waals surface area (Å²) in [5, 5.41) is 3.29. The second-order valence-electron chi connectivity index (χ2n) is 5.25. The van der Waals surface area contributed by atoms with Crippen LogP contribution in [0.5, 0.6) is 0 Å². The molecule has 2 rings (SSSR count). The first-order chi connectivity index (χ1) is 8.02. The molecule has 1 saturated carbocycles. The zero-order valence-corrected chi connectivity index (χ0v) is 10.3. The summed E-state index contributed by atoms with van der Waals surface area (Å²) < 4.78 is 37.7. The Labute approximate surface area is 101 Å². The average molecular weight is 250 g/mol. The maximum atomic E-state index is 12.6. The number of alkyl halides is 3. The Hall–Kier alpha value is -0.290. The summed E-state index contributed by atoms with van der Waals surface area (Å²) >= 11 is 0. The van der Waals surface area contributed by atoms with Gasteiger partial charge >= 0.3 is 6.18 Å². The molecule has 2 atom stereocenters. The highest BCUT2D eigenvalue weighted by molar-refractivity contribution is 4.92. The van der Waals surface area contributed by atoms with Crippen LogP contribution in [-0.4, -0.2) is 43.3 Å². The summed E-state index contributed by atoms with van der Waals surface area (Å²) in [7, 11) is 1.95. The highest BCUT2D eigenvalue weighted by atomic mass is 19.4. The van der Waals surface area contributed by atoms with Crippen LogP contribution >= 0.6 is 0 Å². The largest absolute Gasteiger partial charge is 0.391 e. The molecule has 1 aliphatic carbocycles. The van der Waals surface area contributed by atoms with E-state index in [0.29, 0.717) is 25.2 Å². The summed E-state index contributed by atoms with van der Waals surface area (Å²) in [5.74, 6) is -1.08. The molecule has 17 heavy (non-hydrogen) atoms. The lowest BCUT2D eigenvalue weighted by Crippen LogP contribution is -2.50. The smallest absolute Gasteiger partial charge is 0.315 e. The zero-order chi connectivity index (χ0) is 12.5. The van der Waals surface area contributed by atoms with E-state index in [1.165, 1.54) is 6.42 Å². The molecule has 2 nitrogen and oxygen atoms in total. The van der Waals surface area contributed by atoms with E-state index in [-0.39, 0.29) is 12.8 Å². The second kappa shape index (κ2) is 5.14. The second-order valence-corrected chi connectivity index (χ2v) is 5.25. The molecule has 0 aromatic rings. The van der Waals surface area contributed by atoms with Crippen LogP contribution in [0.1, 0.15) is 32.1 Å². The van der Waals surface area contributed by atoms with Gasteiger partial charge in [0.05, 0.1) is 5.92 Å². The van der Waals surface area contributed by atoms with E-state index < -0.39 is 12.1 Å². The van der Waals surface area contributed by atoms with Gasteiger partial charge in [0, 0.05) is 12.1 Å². The molecule has 0 amide bonds. The van der Waals surface area contributed by atoms with Crippen molar-refractivity contribution in [2.24, 2.45) is 5.92 Å². The van der Waals surface area contributed by atoms with Crippen molar-refractivity contribution in [1.29, 1.82) is 0 Å². The van der Waals surface area contributed by atoms with Crippen molar-refractivity contribution in [3.8, 4) is 0 Å². The van der Waals surface area contributed by atoms with E-state index in [9.17, 15) is 13.2 Å². The summed E-state index contributed by atoms with van der Waals surface area (Å²) in [6.45, 7) is 1.21. The normalized spacial score (nSPS) is 33.2. The lowest BCUT2D eigenvalue weighted by molar-refractivity contribution is -0.186. The molecule has 0 spiro atoms. The molecule has 0 radical (unpaired) electrons. The lowest BCUT2D eigenvalue weighted by Gasteiger charge is -2.38. The average Bonchev–Trinajstić information content (AvgIpc) is 2.76. The van der Waals surface area contributed by atoms with Gasteiger partial charge in [-0.15, -0.1) is 0 Å². The van der Waals surface area contributed by atoms with Crippen LogP contribution in [0.15, 0.2) is 0 Å². The molecule has 1 aliphatic heterocycles. The number of nitrogens with zero attached hydrogens (tertiary/aromatic N) is 1. The number of hydrogen-bond acceptors (Lipinski definition) is 2. The van der Waals surface area contributed by atoms with Crippen molar-refractivity contribution in [3.05, 3.63) is 0 Å². The maximum Gasteiger partial charge on any atom is 0.391 e. The van der Waals surface area contributed by atoms with Gasteiger partial charge in [0.1, 0.15) is 0 Å². The van der Waals surface area contributed by atoms with Crippen LogP contribution in [-0.2, 0) is 0 Å². The first-order valence-electron chi connectivity index (χ1n) is 6.50. The Morgan fingerprint density at radius 3 is 2.24 bits per heavy atom. The number of likely N-dealkylation sites (N-methyl/N-ethyl adjacent to an activating group) is 1. The molecule has 2 fully saturated rings. The number of nitrogens with one attached hydrogen (secondary N) is 1. The molecule has 2 unspecified atom stereocenters. The van der Waals surface area contributed by atoms with Crippen molar-refractivity contribution in [3.63, 3.8) is 0 Å². The Bertz CT molecular complexity index is 247. The monoisotopic (exact) mass is 250 g/mol. The Morgan fingerprint density at radius 2 is 1.71 bits per heavy atom. The van der Waals surface area contributed by atoms with Crippen molar-refractivity contribution in [2.45, 2.75) is 50.4 Å². The molecule has 1 heterocycles. The van der Waals surface area contributed by atoms with Gasteiger partial charge in [0.15, 0.2) is 0 Å². The molecule has 1 N–H and O–H groups in total. The molecule has 0 bridgehead atoms. The number of piperidine rings is 1. The summed E-state index contributed by atoms with van der Waals surface area (Å²) in [4.78, 5) is 2.26. The Balaban J connectivity index is 1.86. The highest BCUT2D eigenvalue weighted by Crippen LogP contribution is 2.36. The standard InChI is InChI=1S/C12H21F3N2/c1-16-10-3-2-4-11(10)17-7-5-9(6-8-17)12(13,14)15/h9-11,16H,2-8H2,1H3. The van der Waals surface area contributed by atoms with Gasteiger partial charge < -0.3 is 5.32 Å². The molecule has 5 heteroatoms. The lowest BCUT2D eigenvalue weighted by atomic mass is 9.94.